The van der Waals surface area contributed by atoms with Crippen LogP contribution in [-0.2, 0) is 9.59 Å². The number of nitrogens with one attached hydrogen (secondary N) is 2. The molecule has 1 unspecified atom stereocenters. The Kier molecular flexibility index (Phi) is 8.48. The monoisotopic (exact) mass is 388 g/mol. The van der Waals surface area contributed by atoms with Gasteiger partial charge in [-0.15, -0.1) is 0 Å². The smallest absolute Gasteiger partial charge is 0.316 e. The number of carbonyl (C=O) groups excluding carboxylic acids is 3. The highest BCUT2D eigenvalue weighted by molar-refractivity contribution is 7.98. The van der Waals surface area contributed by atoms with Gasteiger partial charge in [-0.2, -0.15) is 16.7 Å². The second-order valence-electron chi connectivity index (χ2n) is 5.72. The van der Waals surface area contributed by atoms with Gasteiger partial charge < -0.3 is 31.7 Å². The molecular weight excluding hydrogens is 364 g/mol. The summed E-state index contributed by atoms with van der Waals surface area (Å²) in [6.07, 6.45) is 0.482. The van der Waals surface area contributed by atoms with Gasteiger partial charge >= 0.3 is 6.03 Å². The van der Waals surface area contributed by atoms with Gasteiger partial charge in [0.15, 0.2) is 11.6 Å². The Morgan fingerprint density at radius 2 is 2.00 bits per heavy atom. The summed E-state index contributed by atoms with van der Waals surface area (Å²) in [5.74, 6) is -0.382. The standard InChI is InChI=1S/C14H24N6O5S/c1-6(21)11(7(2)22)18-14(24)17-9(4-10(16)23)13-19-12(20-25-13)8(15)5-26-3/h6,8-9,11,21H,4-5,15H2,1-3H3,(H2,16,23)(H2,17,18,24)/t6?,8-,9-,11-/m0/s1. The average molecular weight is 388 g/mol. The zero-order chi connectivity index (χ0) is 19.9. The fraction of sp³-hybridized carbons (Fsp3) is 0.643. The number of aliphatic hydroxyl groups excluding tert-OH is 1. The number of hydrogen-bond acceptors (Lipinski definition) is 9. The van der Waals surface area contributed by atoms with Crippen molar-refractivity contribution in [2.45, 2.75) is 44.5 Å². The summed E-state index contributed by atoms with van der Waals surface area (Å²) in [6, 6.07) is -3.37. The molecule has 0 aliphatic rings. The van der Waals surface area contributed by atoms with E-state index in [0.717, 1.165) is 0 Å². The van der Waals surface area contributed by atoms with Crippen molar-refractivity contribution >= 4 is 29.5 Å². The van der Waals surface area contributed by atoms with Crippen LogP contribution in [0.25, 0.3) is 0 Å². The van der Waals surface area contributed by atoms with Gasteiger partial charge in [0, 0.05) is 5.75 Å². The molecule has 0 radical (unpaired) electrons. The normalized spacial score (nSPS) is 15.6. The van der Waals surface area contributed by atoms with Crippen LogP contribution in [0.3, 0.4) is 0 Å². The van der Waals surface area contributed by atoms with Crippen molar-refractivity contribution in [2.24, 2.45) is 11.5 Å². The van der Waals surface area contributed by atoms with Crippen LogP contribution in [-0.4, -0.2) is 57.1 Å². The van der Waals surface area contributed by atoms with Gasteiger partial charge in [0.25, 0.3) is 0 Å². The lowest BCUT2D eigenvalue weighted by Crippen LogP contribution is -2.51. The molecule has 3 amide bonds. The van der Waals surface area contributed by atoms with E-state index in [9.17, 15) is 19.5 Å². The molecule has 0 fully saturated rings. The minimum Gasteiger partial charge on any atom is -0.391 e. The first-order valence-electron chi connectivity index (χ1n) is 7.77. The van der Waals surface area contributed by atoms with Gasteiger partial charge in [-0.25, -0.2) is 4.79 Å². The summed E-state index contributed by atoms with van der Waals surface area (Å²) in [6.45, 7) is 2.60. The van der Waals surface area contributed by atoms with Crippen molar-refractivity contribution in [3.8, 4) is 0 Å². The molecule has 7 N–H and O–H groups in total. The fourth-order valence-electron chi connectivity index (χ4n) is 2.10. The summed E-state index contributed by atoms with van der Waals surface area (Å²) in [5.41, 5.74) is 11.1. The number of hydrogen-bond donors (Lipinski definition) is 5. The molecular formula is C14H24N6O5S. The topological polar surface area (TPSA) is 186 Å². The number of nitrogens with two attached hydrogens (primary N) is 2. The van der Waals surface area contributed by atoms with Crippen molar-refractivity contribution < 1.29 is 24.0 Å². The van der Waals surface area contributed by atoms with Crippen LogP contribution in [0.15, 0.2) is 4.52 Å². The highest BCUT2D eigenvalue weighted by Crippen LogP contribution is 2.18. The first kappa shape index (κ1) is 21.9. The first-order valence-corrected chi connectivity index (χ1v) is 9.16. The summed E-state index contributed by atoms with van der Waals surface area (Å²) < 4.78 is 5.08. The predicted octanol–water partition coefficient (Wildman–Crippen LogP) is -1.01. The second kappa shape index (κ2) is 10.1. The van der Waals surface area contributed by atoms with Gasteiger partial charge in [-0.05, 0) is 20.1 Å². The summed E-state index contributed by atoms with van der Waals surface area (Å²) in [7, 11) is 0. The lowest BCUT2D eigenvalue weighted by molar-refractivity contribution is -0.121. The molecule has 12 heteroatoms. The fourth-order valence-corrected chi connectivity index (χ4v) is 2.61. The first-order chi connectivity index (χ1) is 12.1. The SMILES string of the molecule is CSC[C@H](N)c1noc([C@H](CC(N)=O)NC(=O)N[C@H](C(C)=O)C(C)O)n1. The Morgan fingerprint density at radius 1 is 1.35 bits per heavy atom. The van der Waals surface area contributed by atoms with Crippen LogP contribution in [0.5, 0.6) is 0 Å². The third kappa shape index (κ3) is 6.61. The van der Waals surface area contributed by atoms with Crippen LogP contribution >= 0.6 is 11.8 Å². The van der Waals surface area contributed by atoms with E-state index >= 15 is 0 Å². The molecule has 1 rings (SSSR count). The van der Waals surface area contributed by atoms with Crippen molar-refractivity contribution in [2.75, 3.05) is 12.0 Å². The number of urea groups is 1. The summed E-state index contributed by atoms with van der Waals surface area (Å²) in [4.78, 5) is 39.0. The van der Waals surface area contributed by atoms with Crippen molar-refractivity contribution in [1.29, 1.82) is 0 Å². The zero-order valence-corrected chi connectivity index (χ0v) is 15.6. The van der Waals surface area contributed by atoms with E-state index in [2.05, 4.69) is 20.8 Å². The van der Waals surface area contributed by atoms with Crippen molar-refractivity contribution in [3.05, 3.63) is 11.7 Å². The molecule has 0 saturated heterocycles. The Morgan fingerprint density at radius 3 is 2.50 bits per heavy atom. The number of nitrogens with zero attached hydrogens (tertiary/aromatic N) is 2. The second-order valence-corrected chi connectivity index (χ2v) is 6.63. The van der Waals surface area contributed by atoms with Gasteiger partial charge in [-0.1, -0.05) is 5.16 Å². The molecule has 1 aromatic heterocycles. The van der Waals surface area contributed by atoms with Crippen molar-refractivity contribution in [1.82, 2.24) is 20.8 Å². The van der Waals surface area contributed by atoms with Crippen LogP contribution < -0.4 is 22.1 Å². The van der Waals surface area contributed by atoms with Crippen LogP contribution in [0.4, 0.5) is 4.79 Å². The number of primary amides is 1. The molecule has 11 nitrogen and oxygen atoms in total. The third-order valence-electron chi connectivity index (χ3n) is 3.35. The lowest BCUT2D eigenvalue weighted by Gasteiger charge is -2.20. The maximum absolute atomic E-state index is 12.1. The number of Topliss-reactive ketones (excluding diaryl/α,β-unsaturated/α-hetero) is 1. The van der Waals surface area contributed by atoms with Crippen LogP contribution in [0.2, 0.25) is 0 Å². The quantitative estimate of drug-likeness (QED) is 0.334. The van der Waals surface area contributed by atoms with E-state index < -0.39 is 42.0 Å². The van der Waals surface area contributed by atoms with Crippen molar-refractivity contribution in [3.63, 3.8) is 0 Å². The molecule has 0 spiro atoms. The molecule has 26 heavy (non-hydrogen) atoms. The van der Waals surface area contributed by atoms with E-state index in [-0.39, 0.29) is 18.1 Å². The molecule has 0 aliphatic heterocycles. The molecule has 0 aromatic carbocycles. The van der Waals surface area contributed by atoms with E-state index in [0.29, 0.717) is 5.75 Å². The Bertz CT molecular complexity index is 637. The van der Waals surface area contributed by atoms with E-state index in [1.54, 1.807) is 0 Å². The van der Waals surface area contributed by atoms with Crippen LogP contribution in [0, 0.1) is 0 Å². The molecule has 0 saturated carbocycles. The number of carbonyl (C=O) groups is 3. The van der Waals surface area contributed by atoms with Crippen LogP contribution in [0.1, 0.15) is 44.1 Å². The maximum atomic E-state index is 12.1. The number of rotatable bonds is 10. The maximum Gasteiger partial charge on any atom is 0.316 e. The van der Waals surface area contributed by atoms with Gasteiger partial charge in [0.1, 0.15) is 12.1 Å². The highest BCUT2D eigenvalue weighted by atomic mass is 32.2. The molecule has 1 heterocycles. The molecule has 0 bridgehead atoms. The predicted molar refractivity (Wildman–Crippen MR) is 94.0 cm³/mol. The minimum absolute atomic E-state index is 0.0399. The summed E-state index contributed by atoms with van der Waals surface area (Å²) >= 11 is 1.50. The van der Waals surface area contributed by atoms with Gasteiger partial charge in [-0.3, -0.25) is 9.59 Å². The zero-order valence-electron chi connectivity index (χ0n) is 14.8. The lowest BCUT2D eigenvalue weighted by atomic mass is 10.1. The number of aromatic nitrogens is 2. The number of amides is 3. The van der Waals surface area contributed by atoms with E-state index in [1.807, 2.05) is 6.26 Å². The summed E-state index contributed by atoms with van der Waals surface area (Å²) in [5, 5.41) is 18.0. The molecule has 146 valence electrons. The van der Waals surface area contributed by atoms with Gasteiger partial charge in [0.2, 0.25) is 11.8 Å². The Labute approximate surface area is 154 Å². The minimum atomic E-state index is -1.10. The Balaban J connectivity index is 2.89. The average Bonchev–Trinajstić information content (AvgIpc) is 3.01. The third-order valence-corrected chi connectivity index (χ3v) is 4.04. The molecule has 0 aliphatic carbocycles. The number of thioether (sulfide) groups is 1. The highest BCUT2D eigenvalue weighted by Gasteiger charge is 2.27. The van der Waals surface area contributed by atoms with E-state index in [1.165, 1.54) is 25.6 Å². The number of aliphatic hydroxyl groups is 1. The molecule has 1 aromatic rings. The Hall–Kier alpha value is -2.18. The largest absolute Gasteiger partial charge is 0.391 e. The number of ketones is 1. The van der Waals surface area contributed by atoms with E-state index in [4.69, 9.17) is 16.0 Å². The van der Waals surface area contributed by atoms with Gasteiger partial charge in [0.05, 0.1) is 18.6 Å². The molecule has 4 atom stereocenters.